The molecule has 0 saturated heterocycles. The van der Waals surface area contributed by atoms with Gasteiger partial charge in [-0.2, -0.15) is 0 Å². The van der Waals surface area contributed by atoms with E-state index in [0.717, 1.165) is 4.57 Å². The highest BCUT2D eigenvalue weighted by Gasteiger charge is 2.23. The van der Waals surface area contributed by atoms with Crippen molar-refractivity contribution >= 4 is 11.2 Å². The predicted octanol–water partition coefficient (Wildman–Crippen LogP) is 2.51. The van der Waals surface area contributed by atoms with Crippen LogP contribution < -0.4 is 16.0 Å². The molecule has 4 aromatic rings. The number of hydrogen-bond donors (Lipinski definition) is 2. The van der Waals surface area contributed by atoms with E-state index < -0.39 is 30.3 Å². The lowest BCUT2D eigenvalue weighted by molar-refractivity contribution is -0.0136. The minimum Gasteiger partial charge on any atom is -0.457 e. The van der Waals surface area contributed by atoms with Crippen LogP contribution in [0.25, 0.3) is 22.6 Å². The van der Waals surface area contributed by atoms with Crippen molar-refractivity contribution in [1.29, 1.82) is 0 Å². The number of hydrogen-bond acceptors (Lipinski definition) is 5. The molecule has 0 spiro atoms. The molecule has 0 saturated carbocycles. The van der Waals surface area contributed by atoms with Gasteiger partial charge in [0.2, 0.25) is 0 Å². The molecular weight excluding hydrogens is 410 g/mol. The maximum absolute atomic E-state index is 12.8. The standard InChI is InChI=1S/C21H18F2N4O4/c1-26-16-19(27(11-15(28)17(22)23)21(30)25-20(16)29)24-18(26)12-7-9-14(10-8-12)31-13-5-3-2-4-6-13/h2-10,15,17,28H,11H2,1H3,(H,25,29,30). The third-order valence-electron chi connectivity index (χ3n) is 4.77. The maximum atomic E-state index is 12.8. The van der Waals surface area contributed by atoms with Gasteiger partial charge in [0.15, 0.2) is 11.2 Å². The Morgan fingerprint density at radius 1 is 1.06 bits per heavy atom. The second kappa shape index (κ2) is 8.15. The highest BCUT2D eigenvalue weighted by molar-refractivity contribution is 5.76. The number of fused-ring (bicyclic) bond motifs is 1. The van der Waals surface area contributed by atoms with Crippen LogP contribution in [0.5, 0.6) is 11.5 Å². The molecule has 0 amide bonds. The van der Waals surface area contributed by atoms with Crippen molar-refractivity contribution in [3.63, 3.8) is 0 Å². The third-order valence-corrected chi connectivity index (χ3v) is 4.77. The van der Waals surface area contributed by atoms with E-state index in [1.165, 1.54) is 4.57 Å². The van der Waals surface area contributed by atoms with Gasteiger partial charge >= 0.3 is 5.69 Å². The van der Waals surface area contributed by atoms with E-state index in [9.17, 15) is 23.5 Å². The van der Waals surface area contributed by atoms with Crippen molar-refractivity contribution in [3.05, 3.63) is 75.4 Å². The summed E-state index contributed by atoms with van der Waals surface area (Å²) >= 11 is 0. The van der Waals surface area contributed by atoms with Crippen molar-refractivity contribution in [2.24, 2.45) is 7.05 Å². The van der Waals surface area contributed by atoms with Gasteiger partial charge in [0.25, 0.3) is 12.0 Å². The van der Waals surface area contributed by atoms with Gasteiger partial charge in [-0.05, 0) is 36.4 Å². The minimum absolute atomic E-state index is 0.0284. The number of nitrogens with zero attached hydrogens (tertiary/aromatic N) is 3. The molecule has 0 fully saturated rings. The van der Waals surface area contributed by atoms with Crippen molar-refractivity contribution in [2.45, 2.75) is 19.1 Å². The first-order valence-corrected chi connectivity index (χ1v) is 9.34. The Hall–Kier alpha value is -3.79. The number of aliphatic hydroxyl groups excluding tert-OH is 1. The second-order valence-corrected chi connectivity index (χ2v) is 6.88. The van der Waals surface area contributed by atoms with Crippen LogP contribution in [0.3, 0.4) is 0 Å². The predicted molar refractivity (Wildman–Crippen MR) is 110 cm³/mol. The number of halogens is 2. The molecule has 0 aliphatic carbocycles. The number of aromatic amines is 1. The zero-order valence-corrected chi connectivity index (χ0v) is 16.3. The van der Waals surface area contributed by atoms with E-state index in [4.69, 9.17) is 4.74 Å². The van der Waals surface area contributed by atoms with Gasteiger partial charge in [0, 0.05) is 12.6 Å². The van der Waals surface area contributed by atoms with Crippen molar-refractivity contribution in [1.82, 2.24) is 19.1 Å². The number of nitrogens with one attached hydrogen (secondary N) is 1. The van der Waals surface area contributed by atoms with Crippen LogP contribution in [0.4, 0.5) is 8.78 Å². The van der Waals surface area contributed by atoms with E-state index in [2.05, 4.69) is 9.97 Å². The molecule has 0 aliphatic heterocycles. The van der Waals surface area contributed by atoms with E-state index in [-0.39, 0.29) is 11.2 Å². The highest BCUT2D eigenvalue weighted by Crippen LogP contribution is 2.26. The highest BCUT2D eigenvalue weighted by atomic mass is 19.3. The Kier molecular flexibility index (Phi) is 5.38. The fourth-order valence-electron chi connectivity index (χ4n) is 3.24. The summed E-state index contributed by atoms with van der Waals surface area (Å²) < 4.78 is 33.6. The monoisotopic (exact) mass is 428 g/mol. The molecule has 0 aliphatic rings. The number of ether oxygens (including phenoxy) is 1. The van der Waals surface area contributed by atoms with Gasteiger partial charge < -0.3 is 14.4 Å². The first kappa shape index (κ1) is 20.5. The topological polar surface area (TPSA) is 102 Å². The number of alkyl halides is 2. The van der Waals surface area contributed by atoms with Gasteiger partial charge in [-0.15, -0.1) is 0 Å². The molecule has 2 heterocycles. The zero-order chi connectivity index (χ0) is 22.1. The average Bonchev–Trinajstić information content (AvgIpc) is 3.09. The Bertz CT molecular complexity index is 1330. The number of aryl methyl sites for hydroxylation is 1. The molecule has 2 N–H and O–H groups in total. The van der Waals surface area contributed by atoms with Crippen LogP contribution in [0, 0.1) is 0 Å². The molecule has 2 aromatic carbocycles. The van der Waals surface area contributed by atoms with E-state index >= 15 is 0 Å². The molecule has 1 unspecified atom stereocenters. The lowest BCUT2D eigenvalue weighted by Gasteiger charge is -2.11. The van der Waals surface area contributed by atoms with Crippen LogP contribution in [-0.4, -0.2) is 36.7 Å². The summed E-state index contributed by atoms with van der Waals surface area (Å²) in [7, 11) is 1.58. The normalized spacial score (nSPS) is 12.4. The summed E-state index contributed by atoms with van der Waals surface area (Å²) in [5.41, 5.74) is -1.07. The van der Waals surface area contributed by atoms with Gasteiger partial charge in [-0.3, -0.25) is 14.3 Å². The van der Waals surface area contributed by atoms with E-state index in [1.54, 1.807) is 31.3 Å². The number of benzene rings is 2. The quantitative estimate of drug-likeness (QED) is 0.491. The van der Waals surface area contributed by atoms with E-state index in [0.29, 0.717) is 22.9 Å². The Labute approximate surface area is 174 Å². The minimum atomic E-state index is -3.05. The number of imidazole rings is 1. The van der Waals surface area contributed by atoms with Gasteiger partial charge in [0.05, 0.1) is 6.54 Å². The summed E-state index contributed by atoms with van der Waals surface area (Å²) in [5, 5.41) is 9.53. The molecular formula is C21H18F2N4O4. The number of rotatable bonds is 6. The number of aliphatic hydroxyl groups is 1. The van der Waals surface area contributed by atoms with Crippen LogP contribution >= 0.6 is 0 Å². The van der Waals surface area contributed by atoms with Crippen LogP contribution in [0.1, 0.15) is 0 Å². The first-order chi connectivity index (χ1) is 14.8. The zero-order valence-electron chi connectivity index (χ0n) is 16.3. The van der Waals surface area contributed by atoms with Crippen molar-refractivity contribution in [3.8, 4) is 22.9 Å². The first-order valence-electron chi connectivity index (χ1n) is 9.34. The largest absolute Gasteiger partial charge is 0.457 e. The molecule has 31 heavy (non-hydrogen) atoms. The van der Waals surface area contributed by atoms with Crippen molar-refractivity contribution in [2.75, 3.05) is 0 Å². The molecule has 1 atom stereocenters. The van der Waals surface area contributed by atoms with Crippen molar-refractivity contribution < 1.29 is 18.6 Å². The van der Waals surface area contributed by atoms with Gasteiger partial charge in [-0.1, -0.05) is 18.2 Å². The fraction of sp³-hybridized carbons (Fsp3) is 0.190. The molecule has 160 valence electrons. The maximum Gasteiger partial charge on any atom is 0.330 e. The van der Waals surface area contributed by atoms with Crippen LogP contribution in [0.2, 0.25) is 0 Å². The fourth-order valence-corrected chi connectivity index (χ4v) is 3.24. The molecule has 0 bridgehead atoms. The summed E-state index contributed by atoms with van der Waals surface area (Å²) in [6.07, 6.45) is -5.12. The number of para-hydroxylation sites is 1. The van der Waals surface area contributed by atoms with Gasteiger partial charge in [-0.25, -0.2) is 18.6 Å². The summed E-state index contributed by atoms with van der Waals surface area (Å²) in [6.45, 7) is -0.704. The lowest BCUT2D eigenvalue weighted by atomic mass is 10.2. The SMILES string of the molecule is Cn1c(-c2ccc(Oc3ccccc3)cc2)nc2c1c(=O)[nH]c(=O)n2CC(O)C(F)F. The smallest absolute Gasteiger partial charge is 0.330 e. The Morgan fingerprint density at radius 2 is 1.71 bits per heavy atom. The molecule has 8 nitrogen and oxygen atoms in total. The summed E-state index contributed by atoms with van der Waals surface area (Å²) in [6, 6.07) is 16.1. The number of H-pyrrole nitrogens is 1. The summed E-state index contributed by atoms with van der Waals surface area (Å²) in [4.78, 5) is 30.9. The second-order valence-electron chi connectivity index (χ2n) is 6.88. The van der Waals surface area contributed by atoms with Crippen LogP contribution in [0.15, 0.2) is 64.2 Å². The lowest BCUT2D eigenvalue weighted by Crippen LogP contribution is -2.36. The molecule has 2 aromatic heterocycles. The molecule has 10 heteroatoms. The average molecular weight is 428 g/mol. The Balaban J connectivity index is 1.74. The molecule has 0 radical (unpaired) electrons. The van der Waals surface area contributed by atoms with Gasteiger partial charge in [0.1, 0.15) is 23.4 Å². The van der Waals surface area contributed by atoms with Crippen LogP contribution in [-0.2, 0) is 13.6 Å². The van der Waals surface area contributed by atoms with E-state index in [1.807, 2.05) is 30.3 Å². The summed E-state index contributed by atoms with van der Waals surface area (Å²) in [5.74, 6) is 1.60. The third kappa shape index (κ3) is 3.97. The Morgan fingerprint density at radius 3 is 2.35 bits per heavy atom. The number of aromatic nitrogens is 4. The molecule has 4 rings (SSSR count).